The van der Waals surface area contributed by atoms with Crippen molar-refractivity contribution in [2.75, 3.05) is 25.0 Å². The summed E-state index contributed by atoms with van der Waals surface area (Å²) in [5.41, 5.74) is 2.90. The topological polar surface area (TPSA) is 69.6 Å². The lowest BCUT2D eigenvalue weighted by atomic mass is 9.99. The van der Waals surface area contributed by atoms with E-state index in [0.717, 1.165) is 18.7 Å². The molecular weight excluding hydrogens is 256 g/mol. The number of nitrogens with zero attached hydrogens (tertiary/aromatic N) is 1. The standard InChI is InChI=1S/C15H18N2O3/c1-9-7-17(8-12(9)15(19)20)14(18)11-3-2-10-4-5-16-13(10)6-11/h2-3,6,9,12,16H,4-5,7-8H2,1H3,(H,19,20). The minimum Gasteiger partial charge on any atom is -0.481 e. The predicted molar refractivity (Wildman–Crippen MR) is 74.8 cm³/mol. The van der Waals surface area contributed by atoms with Crippen LogP contribution in [0.2, 0.25) is 0 Å². The molecule has 0 radical (unpaired) electrons. The summed E-state index contributed by atoms with van der Waals surface area (Å²) in [6.07, 6.45) is 0.992. The maximum Gasteiger partial charge on any atom is 0.308 e. The van der Waals surface area contributed by atoms with Crippen molar-refractivity contribution in [1.29, 1.82) is 0 Å². The molecule has 1 saturated heterocycles. The molecule has 1 amide bonds. The van der Waals surface area contributed by atoms with Crippen LogP contribution < -0.4 is 5.32 Å². The molecule has 0 saturated carbocycles. The largest absolute Gasteiger partial charge is 0.481 e. The van der Waals surface area contributed by atoms with Crippen molar-refractivity contribution in [3.05, 3.63) is 29.3 Å². The number of amides is 1. The minimum atomic E-state index is -0.816. The Hall–Kier alpha value is -2.04. The Morgan fingerprint density at radius 1 is 1.35 bits per heavy atom. The average Bonchev–Trinajstić information content (AvgIpc) is 3.02. The number of benzene rings is 1. The molecule has 0 aliphatic carbocycles. The number of carbonyl (C=O) groups excluding carboxylic acids is 1. The number of hydrogen-bond donors (Lipinski definition) is 2. The van der Waals surface area contributed by atoms with Crippen molar-refractivity contribution in [2.45, 2.75) is 13.3 Å². The first-order valence-corrected chi connectivity index (χ1v) is 6.95. The lowest BCUT2D eigenvalue weighted by molar-refractivity contribution is -0.142. The van der Waals surface area contributed by atoms with Gasteiger partial charge in [0.15, 0.2) is 0 Å². The highest BCUT2D eigenvalue weighted by atomic mass is 16.4. The highest BCUT2D eigenvalue weighted by Crippen LogP contribution is 2.27. The van der Waals surface area contributed by atoms with Crippen LogP contribution in [-0.4, -0.2) is 41.5 Å². The summed E-state index contributed by atoms with van der Waals surface area (Å²) in [6, 6.07) is 5.70. The summed E-state index contributed by atoms with van der Waals surface area (Å²) in [5.74, 6) is -1.34. The van der Waals surface area contributed by atoms with Crippen LogP contribution in [0.1, 0.15) is 22.8 Å². The number of carbonyl (C=O) groups is 2. The van der Waals surface area contributed by atoms with E-state index in [1.807, 2.05) is 25.1 Å². The van der Waals surface area contributed by atoms with Gasteiger partial charge in [-0.2, -0.15) is 0 Å². The van der Waals surface area contributed by atoms with Gasteiger partial charge < -0.3 is 15.3 Å². The molecule has 2 aliphatic heterocycles. The van der Waals surface area contributed by atoms with Gasteiger partial charge in [0.2, 0.25) is 0 Å². The zero-order valence-electron chi connectivity index (χ0n) is 11.4. The van der Waals surface area contributed by atoms with Crippen molar-refractivity contribution < 1.29 is 14.7 Å². The number of carboxylic acids is 1. The highest BCUT2D eigenvalue weighted by Gasteiger charge is 2.37. The highest BCUT2D eigenvalue weighted by molar-refractivity contribution is 5.96. The van der Waals surface area contributed by atoms with Crippen molar-refractivity contribution in [3.8, 4) is 0 Å². The summed E-state index contributed by atoms with van der Waals surface area (Å²) < 4.78 is 0. The van der Waals surface area contributed by atoms with E-state index in [1.165, 1.54) is 5.56 Å². The second kappa shape index (κ2) is 4.81. The fraction of sp³-hybridized carbons (Fsp3) is 0.467. The molecule has 2 aliphatic rings. The monoisotopic (exact) mass is 274 g/mol. The lowest BCUT2D eigenvalue weighted by Gasteiger charge is -2.16. The summed E-state index contributed by atoms with van der Waals surface area (Å²) >= 11 is 0. The smallest absolute Gasteiger partial charge is 0.308 e. The van der Waals surface area contributed by atoms with Crippen molar-refractivity contribution in [1.82, 2.24) is 4.90 Å². The minimum absolute atomic E-state index is 0.00371. The molecule has 1 aromatic carbocycles. The fourth-order valence-electron chi connectivity index (χ4n) is 3.06. The number of likely N-dealkylation sites (tertiary alicyclic amines) is 1. The van der Waals surface area contributed by atoms with Gasteiger partial charge in [0.25, 0.3) is 5.91 Å². The Bertz CT molecular complexity index is 570. The Morgan fingerprint density at radius 3 is 2.85 bits per heavy atom. The Morgan fingerprint density at radius 2 is 2.15 bits per heavy atom. The number of anilines is 1. The second-order valence-corrected chi connectivity index (χ2v) is 5.68. The lowest BCUT2D eigenvalue weighted by Crippen LogP contribution is -2.29. The molecule has 5 heteroatoms. The van der Waals surface area contributed by atoms with Crippen molar-refractivity contribution in [2.24, 2.45) is 11.8 Å². The third-order valence-electron chi connectivity index (χ3n) is 4.28. The van der Waals surface area contributed by atoms with Gasteiger partial charge in [-0.25, -0.2) is 0 Å². The fourth-order valence-corrected chi connectivity index (χ4v) is 3.06. The zero-order valence-corrected chi connectivity index (χ0v) is 11.4. The number of fused-ring (bicyclic) bond motifs is 1. The Balaban J connectivity index is 1.78. The van der Waals surface area contributed by atoms with Crippen LogP contribution in [0.5, 0.6) is 0 Å². The van der Waals surface area contributed by atoms with E-state index in [2.05, 4.69) is 5.32 Å². The molecule has 20 heavy (non-hydrogen) atoms. The predicted octanol–water partition coefficient (Wildman–Crippen LogP) is 1.45. The maximum atomic E-state index is 12.5. The third-order valence-corrected chi connectivity index (χ3v) is 4.28. The number of hydrogen-bond acceptors (Lipinski definition) is 3. The van der Waals surface area contributed by atoms with Gasteiger partial charge in [0, 0.05) is 30.9 Å². The summed E-state index contributed by atoms with van der Waals surface area (Å²) in [5, 5.41) is 12.4. The molecule has 2 heterocycles. The van der Waals surface area contributed by atoms with Gasteiger partial charge in [-0.15, -0.1) is 0 Å². The Kier molecular flexibility index (Phi) is 3.12. The molecular formula is C15H18N2O3. The molecule has 2 atom stereocenters. The molecule has 3 rings (SSSR count). The van der Waals surface area contributed by atoms with Crippen LogP contribution in [0.3, 0.4) is 0 Å². The van der Waals surface area contributed by atoms with Gasteiger partial charge in [-0.1, -0.05) is 13.0 Å². The van der Waals surface area contributed by atoms with Crippen LogP contribution in [0.4, 0.5) is 5.69 Å². The molecule has 0 aromatic heterocycles. The normalized spacial score (nSPS) is 24.4. The van der Waals surface area contributed by atoms with Gasteiger partial charge in [-0.05, 0) is 30.0 Å². The van der Waals surface area contributed by atoms with E-state index >= 15 is 0 Å². The quantitative estimate of drug-likeness (QED) is 0.856. The molecule has 2 N–H and O–H groups in total. The van der Waals surface area contributed by atoms with E-state index < -0.39 is 11.9 Å². The third kappa shape index (κ3) is 2.13. The van der Waals surface area contributed by atoms with E-state index in [1.54, 1.807) is 4.90 Å². The summed E-state index contributed by atoms with van der Waals surface area (Å²) in [7, 11) is 0. The number of nitrogens with one attached hydrogen (secondary N) is 1. The number of carboxylic acid groups (broad SMARTS) is 1. The van der Waals surface area contributed by atoms with Crippen LogP contribution in [-0.2, 0) is 11.2 Å². The first kappa shape index (κ1) is 13.0. The van der Waals surface area contributed by atoms with Crippen LogP contribution in [0.15, 0.2) is 18.2 Å². The van der Waals surface area contributed by atoms with E-state index in [0.29, 0.717) is 18.7 Å². The van der Waals surface area contributed by atoms with Crippen molar-refractivity contribution >= 4 is 17.6 Å². The van der Waals surface area contributed by atoms with Crippen molar-refractivity contribution in [3.63, 3.8) is 0 Å². The average molecular weight is 274 g/mol. The first-order chi connectivity index (χ1) is 9.56. The van der Waals surface area contributed by atoms with Crippen LogP contribution in [0.25, 0.3) is 0 Å². The SMILES string of the molecule is CC1CN(C(=O)c2ccc3c(c2)NCC3)CC1C(=O)O. The molecule has 2 unspecified atom stereocenters. The Labute approximate surface area is 117 Å². The molecule has 5 nitrogen and oxygen atoms in total. The van der Waals surface area contributed by atoms with Crippen LogP contribution in [0, 0.1) is 11.8 Å². The number of aliphatic carboxylic acids is 1. The van der Waals surface area contributed by atoms with Gasteiger partial charge in [-0.3, -0.25) is 9.59 Å². The molecule has 0 spiro atoms. The maximum absolute atomic E-state index is 12.5. The molecule has 106 valence electrons. The van der Waals surface area contributed by atoms with Gasteiger partial charge in [0.1, 0.15) is 0 Å². The summed E-state index contributed by atoms with van der Waals surface area (Å²) in [4.78, 5) is 25.2. The molecule has 1 aromatic rings. The van der Waals surface area contributed by atoms with Gasteiger partial charge >= 0.3 is 5.97 Å². The van der Waals surface area contributed by atoms with E-state index in [-0.39, 0.29) is 11.8 Å². The molecule has 1 fully saturated rings. The van der Waals surface area contributed by atoms with Gasteiger partial charge in [0.05, 0.1) is 5.92 Å². The van der Waals surface area contributed by atoms with E-state index in [9.17, 15) is 9.59 Å². The second-order valence-electron chi connectivity index (χ2n) is 5.68. The summed E-state index contributed by atoms with van der Waals surface area (Å²) in [6.45, 7) is 3.62. The van der Waals surface area contributed by atoms with E-state index in [4.69, 9.17) is 5.11 Å². The van der Waals surface area contributed by atoms with Crippen LogP contribution >= 0.6 is 0 Å². The zero-order chi connectivity index (χ0) is 14.3. The first-order valence-electron chi connectivity index (χ1n) is 6.95. The molecule has 0 bridgehead atoms. The number of rotatable bonds is 2.